The van der Waals surface area contributed by atoms with Gasteiger partial charge >= 0.3 is 0 Å². The van der Waals surface area contributed by atoms with Crippen LogP contribution in [-0.2, 0) is 16.0 Å². The number of nitrogens with zero attached hydrogens (tertiary/aromatic N) is 2. The van der Waals surface area contributed by atoms with Crippen LogP contribution in [0.25, 0.3) is 10.9 Å². The smallest absolute Gasteiger partial charge is 0.277 e. The van der Waals surface area contributed by atoms with Gasteiger partial charge < -0.3 is 16.0 Å². The van der Waals surface area contributed by atoms with E-state index >= 15 is 0 Å². The second kappa shape index (κ2) is 8.76. The minimum atomic E-state index is -0.690. The van der Waals surface area contributed by atoms with Crippen LogP contribution >= 0.6 is 0 Å². The second-order valence-corrected chi connectivity index (χ2v) is 6.48. The molecule has 0 aliphatic rings. The van der Waals surface area contributed by atoms with Crippen molar-refractivity contribution in [3.05, 3.63) is 72.1 Å². The van der Waals surface area contributed by atoms with Gasteiger partial charge in [0.2, 0.25) is 5.91 Å². The van der Waals surface area contributed by atoms with Crippen molar-refractivity contribution in [3.8, 4) is 6.07 Å². The first kappa shape index (κ1) is 19.7. The number of hydrogen-bond donors (Lipinski definition) is 3. The second-order valence-electron chi connectivity index (χ2n) is 6.48. The first-order chi connectivity index (χ1) is 14.0. The maximum absolute atomic E-state index is 12.7. The summed E-state index contributed by atoms with van der Waals surface area (Å²) in [5.41, 5.74) is 8.57. The molecule has 0 bridgehead atoms. The number of H-pyrrole nitrogens is 1. The molecule has 0 aliphatic heterocycles. The highest BCUT2D eigenvalue weighted by atomic mass is 16.2. The van der Waals surface area contributed by atoms with E-state index in [4.69, 9.17) is 5.73 Å². The van der Waals surface area contributed by atoms with Gasteiger partial charge in [-0.15, -0.1) is 0 Å². The van der Waals surface area contributed by atoms with Crippen molar-refractivity contribution in [1.82, 2.24) is 10.3 Å². The Morgan fingerprint density at radius 1 is 1.21 bits per heavy atom. The first-order valence-corrected chi connectivity index (χ1v) is 9.10. The highest BCUT2D eigenvalue weighted by Gasteiger charge is 2.23. The maximum Gasteiger partial charge on any atom is 0.277 e. The lowest BCUT2D eigenvalue weighted by Crippen LogP contribution is -2.36. The number of nitrogens with two attached hydrogens (primary N) is 1. The van der Waals surface area contributed by atoms with E-state index in [0.29, 0.717) is 24.3 Å². The third-order valence-electron chi connectivity index (χ3n) is 4.48. The molecular weight excluding hydrogens is 366 g/mol. The Hall–Kier alpha value is -4.05. The van der Waals surface area contributed by atoms with Gasteiger partial charge in [0.05, 0.1) is 5.69 Å². The number of anilines is 2. The molecular formula is C22H21N5O2. The van der Waals surface area contributed by atoms with Crippen LogP contribution in [-0.4, -0.2) is 23.3 Å². The van der Waals surface area contributed by atoms with Crippen LogP contribution in [0.4, 0.5) is 11.4 Å². The number of para-hydroxylation sites is 1. The van der Waals surface area contributed by atoms with Crippen LogP contribution in [0, 0.1) is 11.3 Å². The van der Waals surface area contributed by atoms with E-state index in [1.807, 2.05) is 36.5 Å². The molecule has 0 saturated heterocycles. The largest absolute Gasteiger partial charge is 0.399 e. The number of nitrogen functional groups attached to an aromatic ring is 1. The van der Waals surface area contributed by atoms with E-state index in [9.17, 15) is 14.9 Å². The van der Waals surface area contributed by atoms with Crippen molar-refractivity contribution in [1.29, 1.82) is 5.26 Å². The van der Waals surface area contributed by atoms with E-state index < -0.39 is 11.8 Å². The number of benzene rings is 2. The lowest BCUT2D eigenvalue weighted by Gasteiger charge is -2.19. The molecule has 2 amide bonds. The fourth-order valence-corrected chi connectivity index (χ4v) is 3.05. The van der Waals surface area contributed by atoms with Crippen LogP contribution < -0.4 is 16.0 Å². The molecule has 0 fully saturated rings. The standard InChI is InChI=1S/C22H21N5O2/c1-15(28)27(19-8-6-18(24)7-9-19)22(29)17(12-23)13-25-11-10-16-14-26-21-5-3-2-4-20(16)21/h2-9,13-14,25-26H,10-11,24H2,1H3/b17-13-. The van der Waals surface area contributed by atoms with E-state index in [2.05, 4.69) is 10.3 Å². The Morgan fingerprint density at radius 2 is 1.93 bits per heavy atom. The minimum Gasteiger partial charge on any atom is -0.399 e. The van der Waals surface area contributed by atoms with Gasteiger partial charge in [-0.2, -0.15) is 5.26 Å². The number of hydrogen-bond acceptors (Lipinski definition) is 5. The monoisotopic (exact) mass is 387 g/mol. The van der Waals surface area contributed by atoms with Crippen molar-refractivity contribution in [3.63, 3.8) is 0 Å². The number of nitriles is 1. The van der Waals surface area contributed by atoms with E-state index in [1.54, 1.807) is 24.3 Å². The van der Waals surface area contributed by atoms with E-state index in [1.165, 1.54) is 13.1 Å². The first-order valence-electron chi connectivity index (χ1n) is 9.10. The number of carbonyl (C=O) groups is 2. The molecule has 0 unspecified atom stereocenters. The molecule has 4 N–H and O–H groups in total. The molecule has 1 aromatic heterocycles. The number of amides is 2. The summed E-state index contributed by atoms with van der Waals surface area (Å²) in [5, 5.41) is 13.5. The lowest BCUT2D eigenvalue weighted by atomic mass is 10.1. The van der Waals surface area contributed by atoms with Crippen molar-refractivity contribution < 1.29 is 9.59 Å². The summed E-state index contributed by atoms with van der Waals surface area (Å²) in [6.07, 6.45) is 4.01. The zero-order valence-electron chi connectivity index (χ0n) is 16.0. The van der Waals surface area contributed by atoms with E-state index in [0.717, 1.165) is 21.4 Å². The highest BCUT2D eigenvalue weighted by molar-refractivity contribution is 6.21. The molecule has 2 aromatic carbocycles. The normalized spacial score (nSPS) is 11.1. The van der Waals surface area contributed by atoms with Gasteiger partial charge in [-0.1, -0.05) is 18.2 Å². The molecule has 0 saturated carbocycles. The fraction of sp³-hybridized carbons (Fsp3) is 0.136. The topological polar surface area (TPSA) is 115 Å². The number of aromatic nitrogens is 1. The molecule has 1 heterocycles. The van der Waals surface area contributed by atoms with Gasteiger partial charge in [0.1, 0.15) is 11.6 Å². The number of aromatic amines is 1. The Bertz CT molecular complexity index is 1110. The van der Waals surface area contributed by atoms with Gasteiger partial charge in [-0.25, -0.2) is 4.90 Å². The molecule has 3 aromatic rings. The maximum atomic E-state index is 12.7. The summed E-state index contributed by atoms with van der Waals surface area (Å²) in [6, 6.07) is 16.2. The predicted octanol–water partition coefficient (Wildman–Crippen LogP) is 2.87. The number of carbonyl (C=O) groups excluding carboxylic acids is 2. The molecule has 3 rings (SSSR count). The molecule has 146 valence electrons. The average Bonchev–Trinajstić information content (AvgIpc) is 3.12. The van der Waals surface area contributed by atoms with Crippen molar-refractivity contribution in [2.24, 2.45) is 0 Å². The zero-order valence-corrected chi connectivity index (χ0v) is 16.0. The third kappa shape index (κ3) is 4.45. The number of fused-ring (bicyclic) bond motifs is 1. The lowest BCUT2D eigenvalue weighted by molar-refractivity contribution is -0.123. The molecule has 7 heteroatoms. The fourth-order valence-electron chi connectivity index (χ4n) is 3.05. The SMILES string of the molecule is CC(=O)N(C(=O)/C(C#N)=C\NCCc1c[nH]c2ccccc12)c1ccc(N)cc1. The molecule has 7 nitrogen and oxygen atoms in total. The van der Waals surface area contributed by atoms with Crippen LogP contribution in [0.3, 0.4) is 0 Å². The van der Waals surface area contributed by atoms with Crippen molar-refractivity contribution >= 4 is 34.1 Å². The van der Waals surface area contributed by atoms with Gasteiger partial charge in [0.15, 0.2) is 0 Å². The number of nitrogens with one attached hydrogen (secondary N) is 2. The third-order valence-corrected chi connectivity index (χ3v) is 4.48. The molecule has 0 radical (unpaired) electrons. The van der Waals surface area contributed by atoms with Crippen molar-refractivity contribution in [2.75, 3.05) is 17.2 Å². The zero-order chi connectivity index (χ0) is 20.8. The average molecular weight is 387 g/mol. The summed E-state index contributed by atoms with van der Waals surface area (Å²) in [6.45, 7) is 1.80. The van der Waals surface area contributed by atoms with Crippen LogP contribution in [0.1, 0.15) is 12.5 Å². The van der Waals surface area contributed by atoms with Gasteiger partial charge in [0, 0.05) is 42.5 Å². The number of imide groups is 1. The minimum absolute atomic E-state index is 0.157. The number of rotatable bonds is 6. The Morgan fingerprint density at radius 3 is 2.62 bits per heavy atom. The van der Waals surface area contributed by atoms with Gasteiger partial charge in [-0.3, -0.25) is 9.59 Å². The Balaban J connectivity index is 1.69. The quantitative estimate of drug-likeness (QED) is 0.260. The van der Waals surface area contributed by atoms with Crippen LogP contribution in [0.2, 0.25) is 0 Å². The van der Waals surface area contributed by atoms with Gasteiger partial charge in [0.25, 0.3) is 5.91 Å². The van der Waals surface area contributed by atoms with E-state index in [-0.39, 0.29) is 5.57 Å². The molecule has 0 spiro atoms. The summed E-state index contributed by atoms with van der Waals surface area (Å²) in [7, 11) is 0. The van der Waals surface area contributed by atoms with Crippen LogP contribution in [0.15, 0.2) is 66.5 Å². The van der Waals surface area contributed by atoms with Crippen LogP contribution in [0.5, 0.6) is 0 Å². The predicted molar refractivity (Wildman–Crippen MR) is 113 cm³/mol. The highest BCUT2D eigenvalue weighted by Crippen LogP contribution is 2.19. The molecule has 29 heavy (non-hydrogen) atoms. The Kier molecular flexibility index (Phi) is 5.95. The Labute approximate surface area is 168 Å². The molecule has 0 aliphatic carbocycles. The molecule has 0 atom stereocenters. The van der Waals surface area contributed by atoms with Crippen molar-refractivity contribution in [2.45, 2.75) is 13.3 Å². The summed E-state index contributed by atoms with van der Waals surface area (Å²) in [4.78, 5) is 28.9. The summed E-state index contributed by atoms with van der Waals surface area (Å²) >= 11 is 0. The summed E-state index contributed by atoms with van der Waals surface area (Å²) in [5.74, 6) is -1.18. The summed E-state index contributed by atoms with van der Waals surface area (Å²) < 4.78 is 0. The van der Waals surface area contributed by atoms with Gasteiger partial charge in [-0.05, 0) is 42.3 Å².